The van der Waals surface area contributed by atoms with E-state index in [0.717, 1.165) is 5.56 Å². The van der Waals surface area contributed by atoms with E-state index in [0.29, 0.717) is 12.0 Å². The van der Waals surface area contributed by atoms with Crippen LogP contribution in [0.2, 0.25) is 0 Å². The van der Waals surface area contributed by atoms with Crippen LogP contribution in [0.4, 0.5) is 4.39 Å². The van der Waals surface area contributed by atoms with E-state index in [2.05, 4.69) is 25.3 Å². The van der Waals surface area contributed by atoms with E-state index in [9.17, 15) is 14.4 Å². The summed E-state index contributed by atoms with van der Waals surface area (Å²) in [5.74, 6) is -1.29. The lowest BCUT2D eigenvalue weighted by Crippen LogP contribution is -2.38. The highest BCUT2D eigenvalue weighted by atomic mass is 19.1. The quantitative estimate of drug-likeness (QED) is 0.165. The zero-order valence-corrected chi connectivity index (χ0v) is 14.5. The Morgan fingerprint density at radius 3 is 3.04 bits per heavy atom. The molecule has 2 aromatic rings. The van der Waals surface area contributed by atoms with Crippen molar-refractivity contribution in [2.24, 2.45) is 4.99 Å². The first-order chi connectivity index (χ1) is 13.5. The maximum Gasteiger partial charge on any atom is 0.287 e. The normalized spacial score (nSPS) is 16.7. The first kappa shape index (κ1) is 19.7. The number of aliphatic hydroxyl groups excluding tert-OH is 2. The fourth-order valence-electron chi connectivity index (χ4n) is 2.61. The summed E-state index contributed by atoms with van der Waals surface area (Å²) in [4.78, 5) is 15.6. The van der Waals surface area contributed by atoms with Crippen molar-refractivity contribution in [2.45, 2.75) is 18.6 Å². The summed E-state index contributed by atoms with van der Waals surface area (Å²) >= 11 is 0. The molecule has 0 fully saturated rings. The molecule has 1 heterocycles. The maximum atomic E-state index is 13.4. The molecule has 12 heteroatoms. The van der Waals surface area contributed by atoms with Gasteiger partial charge in [0.15, 0.2) is 11.9 Å². The minimum absolute atomic E-state index is 0.00549. The van der Waals surface area contributed by atoms with Gasteiger partial charge in [-0.3, -0.25) is 20.5 Å². The van der Waals surface area contributed by atoms with Crippen molar-refractivity contribution in [3.63, 3.8) is 0 Å². The Kier molecular flexibility index (Phi) is 6.13. The first-order valence-electron chi connectivity index (χ1n) is 8.32. The number of aromatic nitrogens is 2. The Hall–Kier alpha value is -3.09. The number of carbonyl (C=O) groups is 1. The number of benzene rings is 1. The molecule has 1 aromatic carbocycles. The third kappa shape index (κ3) is 4.24. The predicted molar refractivity (Wildman–Crippen MR) is 90.2 cm³/mol. The molecule has 28 heavy (non-hydrogen) atoms. The zero-order chi connectivity index (χ0) is 20.1. The Balaban J connectivity index is 1.62. The second kappa shape index (κ2) is 8.73. The number of ether oxygens (including phenoxy) is 1. The van der Waals surface area contributed by atoms with Gasteiger partial charge in [0.2, 0.25) is 5.69 Å². The third-order valence-electron chi connectivity index (χ3n) is 4.07. The first-order valence-corrected chi connectivity index (χ1v) is 8.32. The van der Waals surface area contributed by atoms with E-state index in [1.807, 2.05) is 5.48 Å². The number of halogens is 1. The van der Waals surface area contributed by atoms with Crippen LogP contribution >= 0.6 is 0 Å². The van der Waals surface area contributed by atoms with Gasteiger partial charge in [0.05, 0.1) is 19.2 Å². The lowest BCUT2D eigenvalue weighted by atomic mass is 9.83. The van der Waals surface area contributed by atoms with Crippen LogP contribution in [-0.2, 0) is 11.2 Å². The molecule has 3 rings (SSSR count). The number of rotatable bonds is 8. The smallest absolute Gasteiger partial charge is 0.287 e. The standard InChI is InChI=1S/C16H18FN5O6/c17-9-2-1-8-5-11(10(8)6-9)19-14(20-26)13-16(22-28-21-13)27-4-3-18-15(25)12(24)7-23/h1-2,6,11-12,23-24,26H,3-5,7H2,(H,18,25)(H,19,20)/t11-,12?/m0/s1. The van der Waals surface area contributed by atoms with Gasteiger partial charge in [-0.25, -0.2) is 9.02 Å². The van der Waals surface area contributed by atoms with Crippen molar-refractivity contribution in [1.82, 2.24) is 21.1 Å². The molecule has 1 unspecified atom stereocenters. The van der Waals surface area contributed by atoms with Crippen molar-refractivity contribution in [3.8, 4) is 5.88 Å². The molecule has 0 aliphatic heterocycles. The highest BCUT2D eigenvalue weighted by Gasteiger charge is 2.28. The molecule has 5 N–H and O–H groups in total. The maximum absolute atomic E-state index is 13.4. The van der Waals surface area contributed by atoms with Crippen LogP contribution in [-0.4, -0.2) is 63.3 Å². The summed E-state index contributed by atoms with van der Waals surface area (Å²) in [6.45, 7) is -0.738. The van der Waals surface area contributed by atoms with Gasteiger partial charge < -0.3 is 20.3 Å². The summed E-state index contributed by atoms with van der Waals surface area (Å²) in [6, 6.07) is 4.06. The average molecular weight is 395 g/mol. The van der Waals surface area contributed by atoms with Crippen molar-refractivity contribution in [1.29, 1.82) is 0 Å². The molecule has 0 bridgehead atoms. The van der Waals surface area contributed by atoms with E-state index >= 15 is 0 Å². The molecule has 11 nitrogen and oxygen atoms in total. The molecule has 0 saturated carbocycles. The topological polar surface area (TPSA) is 162 Å². The van der Waals surface area contributed by atoms with Crippen molar-refractivity contribution in [3.05, 3.63) is 40.8 Å². The molecule has 2 atom stereocenters. The second-order valence-electron chi connectivity index (χ2n) is 5.91. The Morgan fingerprint density at radius 2 is 2.29 bits per heavy atom. The fraction of sp³-hybridized carbons (Fsp3) is 0.375. The molecule has 1 aromatic heterocycles. The number of nitrogens with zero attached hydrogens (tertiary/aromatic N) is 3. The number of fused-ring (bicyclic) bond motifs is 1. The molecular formula is C16H18FN5O6. The largest absolute Gasteiger partial charge is 0.472 e. The van der Waals surface area contributed by atoms with Crippen LogP contribution in [0.1, 0.15) is 22.9 Å². The highest BCUT2D eigenvalue weighted by Crippen LogP contribution is 2.37. The van der Waals surface area contributed by atoms with Crippen LogP contribution in [0.15, 0.2) is 27.8 Å². The summed E-state index contributed by atoms with van der Waals surface area (Å²) < 4.78 is 23.3. The number of hydrogen-bond donors (Lipinski definition) is 5. The number of aliphatic hydroxyl groups is 2. The van der Waals surface area contributed by atoms with Crippen LogP contribution in [0.25, 0.3) is 0 Å². The molecule has 0 spiro atoms. The van der Waals surface area contributed by atoms with Gasteiger partial charge >= 0.3 is 0 Å². The molecule has 0 radical (unpaired) electrons. The second-order valence-corrected chi connectivity index (χ2v) is 5.91. The van der Waals surface area contributed by atoms with Crippen molar-refractivity contribution >= 4 is 11.7 Å². The van der Waals surface area contributed by atoms with Gasteiger partial charge in [-0.15, -0.1) is 0 Å². The van der Waals surface area contributed by atoms with Crippen LogP contribution < -0.4 is 15.5 Å². The van der Waals surface area contributed by atoms with E-state index < -0.39 is 18.6 Å². The minimum atomic E-state index is -1.52. The molecule has 1 aliphatic rings. The number of hydrogen-bond acceptors (Lipinski definition) is 9. The van der Waals surface area contributed by atoms with Gasteiger partial charge in [-0.1, -0.05) is 6.07 Å². The van der Waals surface area contributed by atoms with E-state index in [1.165, 1.54) is 12.1 Å². The summed E-state index contributed by atoms with van der Waals surface area (Å²) in [6.07, 6.45) is -0.946. The number of aliphatic imine (C=N–C) groups is 1. The number of nitrogens with one attached hydrogen (secondary N) is 2. The average Bonchev–Trinajstić information content (AvgIpc) is 3.15. The van der Waals surface area contributed by atoms with Gasteiger partial charge in [0.1, 0.15) is 12.4 Å². The SMILES string of the molecule is O=C(NCCOc1nonc1C(=N[C@H]1Cc2ccc(F)cc21)NO)C(O)CO. The van der Waals surface area contributed by atoms with Gasteiger partial charge in [0, 0.05) is 0 Å². The van der Waals surface area contributed by atoms with Crippen LogP contribution in [0, 0.1) is 5.82 Å². The van der Waals surface area contributed by atoms with Crippen LogP contribution in [0.5, 0.6) is 5.88 Å². The summed E-state index contributed by atoms with van der Waals surface area (Å²) in [7, 11) is 0. The van der Waals surface area contributed by atoms with Gasteiger partial charge in [0.25, 0.3) is 11.8 Å². The Labute approximate surface area is 157 Å². The zero-order valence-electron chi connectivity index (χ0n) is 14.5. The monoisotopic (exact) mass is 395 g/mol. The molecule has 1 aliphatic carbocycles. The van der Waals surface area contributed by atoms with E-state index in [-0.39, 0.29) is 42.4 Å². The Bertz CT molecular complexity index is 873. The number of amidine groups is 1. The van der Waals surface area contributed by atoms with E-state index in [1.54, 1.807) is 6.07 Å². The predicted octanol–water partition coefficient (Wildman–Crippen LogP) is -0.920. The number of carbonyl (C=O) groups excluding carboxylic acids is 1. The van der Waals surface area contributed by atoms with Crippen molar-refractivity contribution < 1.29 is 34.0 Å². The molecular weight excluding hydrogens is 377 g/mol. The number of hydroxylamine groups is 1. The van der Waals surface area contributed by atoms with Crippen LogP contribution in [0.3, 0.4) is 0 Å². The van der Waals surface area contributed by atoms with Gasteiger partial charge in [-0.05, 0) is 40.0 Å². The Morgan fingerprint density at radius 1 is 1.46 bits per heavy atom. The number of amides is 1. The minimum Gasteiger partial charge on any atom is -0.472 e. The highest BCUT2D eigenvalue weighted by molar-refractivity contribution is 5.98. The lowest BCUT2D eigenvalue weighted by molar-refractivity contribution is -0.131. The third-order valence-corrected chi connectivity index (χ3v) is 4.07. The molecule has 0 saturated heterocycles. The fourth-order valence-corrected chi connectivity index (χ4v) is 2.61. The summed E-state index contributed by atoms with van der Waals surface area (Å²) in [5, 5.41) is 36.7. The molecule has 150 valence electrons. The summed E-state index contributed by atoms with van der Waals surface area (Å²) in [5.41, 5.74) is 3.56. The molecule has 1 amide bonds. The van der Waals surface area contributed by atoms with E-state index in [4.69, 9.17) is 14.9 Å². The lowest BCUT2D eigenvalue weighted by Gasteiger charge is -2.27. The van der Waals surface area contributed by atoms with Crippen molar-refractivity contribution in [2.75, 3.05) is 19.8 Å². The van der Waals surface area contributed by atoms with Gasteiger partial charge in [-0.2, -0.15) is 0 Å².